The highest BCUT2D eigenvalue weighted by molar-refractivity contribution is 5.96. The minimum atomic E-state index is -0.233. The number of pyridine rings is 2. The molecule has 1 aromatic carbocycles. The van der Waals surface area contributed by atoms with Crippen molar-refractivity contribution < 1.29 is 4.74 Å². The fourth-order valence-electron chi connectivity index (χ4n) is 3.40. The highest BCUT2D eigenvalue weighted by Crippen LogP contribution is 2.27. The van der Waals surface area contributed by atoms with Crippen LogP contribution in [-0.4, -0.2) is 45.9 Å². The van der Waals surface area contributed by atoms with Gasteiger partial charge < -0.3 is 9.64 Å². The summed E-state index contributed by atoms with van der Waals surface area (Å²) in [7, 11) is 0. The van der Waals surface area contributed by atoms with Gasteiger partial charge in [-0.25, -0.2) is 19.3 Å². The molecule has 0 radical (unpaired) electrons. The molecule has 3 aromatic heterocycles. The molecule has 0 spiro atoms. The van der Waals surface area contributed by atoms with Gasteiger partial charge in [-0.2, -0.15) is 5.10 Å². The summed E-state index contributed by atoms with van der Waals surface area (Å²) in [6, 6.07) is 12.2. The van der Waals surface area contributed by atoms with Crippen molar-refractivity contribution in [3.63, 3.8) is 0 Å². The SMILES string of the molecule is O=c1[nH]nc2c3cc(-c4ccc(N5CCOCC5)nc4)ccc3ccn12. The largest absolute Gasteiger partial charge is 0.378 e. The number of hydrogen-bond donors (Lipinski definition) is 1. The zero-order chi connectivity index (χ0) is 17.5. The first kappa shape index (κ1) is 15.1. The molecule has 4 heterocycles. The van der Waals surface area contributed by atoms with Crippen LogP contribution in [0.2, 0.25) is 0 Å². The number of morpholine rings is 1. The van der Waals surface area contributed by atoms with Crippen LogP contribution in [-0.2, 0) is 4.74 Å². The molecule has 0 unspecified atom stereocenters. The van der Waals surface area contributed by atoms with E-state index in [0.29, 0.717) is 5.65 Å². The first-order chi connectivity index (χ1) is 12.8. The van der Waals surface area contributed by atoms with Gasteiger partial charge in [0.15, 0.2) is 5.65 Å². The van der Waals surface area contributed by atoms with E-state index in [1.54, 1.807) is 6.20 Å². The quantitative estimate of drug-likeness (QED) is 0.601. The van der Waals surface area contributed by atoms with Gasteiger partial charge in [0, 0.05) is 36.4 Å². The molecule has 1 saturated heterocycles. The number of benzene rings is 1. The van der Waals surface area contributed by atoms with Crippen LogP contribution in [0.15, 0.2) is 53.6 Å². The van der Waals surface area contributed by atoms with Crippen LogP contribution in [0, 0.1) is 0 Å². The van der Waals surface area contributed by atoms with Crippen LogP contribution in [0.3, 0.4) is 0 Å². The van der Waals surface area contributed by atoms with Gasteiger partial charge in [-0.15, -0.1) is 0 Å². The third-order valence-electron chi connectivity index (χ3n) is 4.82. The van der Waals surface area contributed by atoms with Crippen LogP contribution < -0.4 is 10.6 Å². The van der Waals surface area contributed by atoms with Crippen molar-refractivity contribution in [1.82, 2.24) is 19.6 Å². The lowest BCUT2D eigenvalue weighted by molar-refractivity contribution is 0.122. The molecule has 0 aliphatic carbocycles. The topological polar surface area (TPSA) is 75.5 Å². The molecule has 0 amide bonds. The second kappa shape index (κ2) is 5.96. The average molecular weight is 347 g/mol. The van der Waals surface area contributed by atoms with Gasteiger partial charge in [0.1, 0.15) is 5.82 Å². The molecule has 7 heteroatoms. The fraction of sp³-hybridized carbons (Fsp3) is 0.211. The van der Waals surface area contributed by atoms with Crippen molar-refractivity contribution >= 4 is 22.2 Å². The highest BCUT2D eigenvalue weighted by atomic mass is 16.5. The molecule has 0 saturated carbocycles. The molecule has 26 heavy (non-hydrogen) atoms. The first-order valence-corrected chi connectivity index (χ1v) is 8.58. The Morgan fingerprint density at radius 2 is 1.88 bits per heavy atom. The molecule has 1 aliphatic heterocycles. The Kier molecular flexibility index (Phi) is 3.46. The number of aromatic amines is 1. The van der Waals surface area contributed by atoms with Crippen molar-refractivity contribution in [2.45, 2.75) is 0 Å². The number of aromatic nitrogens is 4. The van der Waals surface area contributed by atoms with Gasteiger partial charge in [0.2, 0.25) is 0 Å². The number of fused-ring (bicyclic) bond motifs is 3. The van der Waals surface area contributed by atoms with Gasteiger partial charge in [0.05, 0.1) is 13.2 Å². The molecule has 1 fully saturated rings. The molecule has 130 valence electrons. The number of nitrogens with one attached hydrogen (secondary N) is 1. The minimum absolute atomic E-state index is 0.233. The normalized spacial score (nSPS) is 15.0. The van der Waals surface area contributed by atoms with E-state index in [2.05, 4.69) is 38.3 Å². The van der Waals surface area contributed by atoms with E-state index >= 15 is 0 Å². The summed E-state index contributed by atoms with van der Waals surface area (Å²) in [6.07, 6.45) is 3.63. The predicted octanol–water partition coefficient (Wildman–Crippen LogP) is 2.07. The number of nitrogens with zero attached hydrogens (tertiary/aromatic N) is 4. The van der Waals surface area contributed by atoms with E-state index < -0.39 is 0 Å². The van der Waals surface area contributed by atoms with Crippen LogP contribution in [0.25, 0.3) is 27.5 Å². The molecule has 1 aliphatic rings. The summed E-state index contributed by atoms with van der Waals surface area (Å²) in [5.74, 6) is 0.971. The second-order valence-corrected chi connectivity index (χ2v) is 6.34. The molecule has 7 nitrogen and oxygen atoms in total. The Balaban J connectivity index is 1.55. The van der Waals surface area contributed by atoms with E-state index in [-0.39, 0.29) is 5.69 Å². The van der Waals surface area contributed by atoms with Crippen molar-refractivity contribution in [1.29, 1.82) is 0 Å². The molecule has 5 rings (SSSR count). The highest BCUT2D eigenvalue weighted by Gasteiger charge is 2.12. The molecule has 4 aromatic rings. The van der Waals surface area contributed by atoms with Crippen LogP contribution in [0.1, 0.15) is 0 Å². The summed E-state index contributed by atoms with van der Waals surface area (Å²) in [6.45, 7) is 3.22. The Hall–Kier alpha value is -3.19. The summed E-state index contributed by atoms with van der Waals surface area (Å²) < 4.78 is 6.91. The van der Waals surface area contributed by atoms with Crippen LogP contribution in [0.5, 0.6) is 0 Å². The Morgan fingerprint density at radius 3 is 2.69 bits per heavy atom. The van der Waals surface area contributed by atoms with Crippen LogP contribution in [0.4, 0.5) is 5.82 Å². The van der Waals surface area contributed by atoms with E-state index in [4.69, 9.17) is 4.74 Å². The van der Waals surface area contributed by atoms with Crippen molar-refractivity contribution in [2.24, 2.45) is 0 Å². The maximum absolute atomic E-state index is 11.8. The van der Waals surface area contributed by atoms with Gasteiger partial charge in [-0.05, 0) is 35.2 Å². The summed E-state index contributed by atoms with van der Waals surface area (Å²) in [5.41, 5.74) is 2.47. The third kappa shape index (κ3) is 2.44. The van der Waals surface area contributed by atoms with Gasteiger partial charge in [-0.3, -0.25) is 0 Å². The molecule has 0 atom stereocenters. The lowest BCUT2D eigenvalue weighted by Crippen LogP contribution is -2.36. The zero-order valence-corrected chi connectivity index (χ0v) is 14.1. The van der Waals surface area contributed by atoms with Crippen molar-refractivity contribution in [2.75, 3.05) is 31.2 Å². The number of ether oxygens (including phenoxy) is 1. The second-order valence-electron chi connectivity index (χ2n) is 6.34. The van der Waals surface area contributed by atoms with E-state index in [1.165, 1.54) is 4.40 Å². The molecular formula is C19H17N5O2. The monoisotopic (exact) mass is 347 g/mol. The lowest BCUT2D eigenvalue weighted by atomic mass is 10.0. The predicted molar refractivity (Wildman–Crippen MR) is 99.6 cm³/mol. The Labute approximate surface area is 148 Å². The number of hydrogen-bond acceptors (Lipinski definition) is 5. The maximum Gasteiger partial charge on any atom is 0.347 e. The smallest absolute Gasteiger partial charge is 0.347 e. The standard InChI is InChI=1S/C19H17N5O2/c25-19-22-21-18-16-11-14(2-1-13(16)5-6-24(18)19)15-3-4-17(20-12-15)23-7-9-26-10-8-23/h1-6,11-12H,7-10H2,(H,22,25). The average Bonchev–Trinajstić information content (AvgIpc) is 3.10. The van der Waals surface area contributed by atoms with Crippen LogP contribution >= 0.6 is 0 Å². The lowest BCUT2D eigenvalue weighted by Gasteiger charge is -2.27. The van der Waals surface area contributed by atoms with Gasteiger partial charge >= 0.3 is 5.69 Å². The first-order valence-electron chi connectivity index (χ1n) is 8.58. The third-order valence-corrected chi connectivity index (χ3v) is 4.82. The summed E-state index contributed by atoms with van der Waals surface area (Å²) in [5, 5.41) is 8.62. The molecular weight excluding hydrogens is 330 g/mol. The van der Waals surface area contributed by atoms with E-state index in [1.807, 2.05) is 24.4 Å². The van der Waals surface area contributed by atoms with E-state index in [9.17, 15) is 4.79 Å². The number of H-pyrrole nitrogens is 1. The van der Waals surface area contributed by atoms with E-state index in [0.717, 1.165) is 54.0 Å². The summed E-state index contributed by atoms with van der Waals surface area (Å²) in [4.78, 5) is 18.6. The Bertz CT molecular complexity index is 1140. The fourth-order valence-corrected chi connectivity index (χ4v) is 3.40. The minimum Gasteiger partial charge on any atom is -0.378 e. The number of rotatable bonds is 2. The van der Waals surface area contributed by atoms with Crippen molar-refractivity contribution in [3.05, 3.63) is 59.3 Å². The van der Waals surface area contributed by atoms with Gasteiger partial charge in [0.25, 0.3) is 0 Å². The number of anilines is 1. The van der Waals surface area contributed by atoms with Gasteiger partial charge in [-0.1, -0.05) is 12.1 Å². The maximum atomic E-state index is 11.8. The summed E-state index contributed by atoms with van der Waals surface area (Å²) >= 11 is 0. The van der Waals surface area contributed by atoms with Crippen molar-refractivity contribution in [3.8, 4) is 11.1 Å². The zero-order valence-electron chi connectivity index (χ0n) is 14.1. The molecule has 1 N–H and O–H groups in total. The molecule has 0 bridgehead atoms. The Morgan fingerprint density at radius 1 is 1.04 bits per heavy atom.